The van der Waals surface area contributed by atoms with Crippen LogP contribution in [0.1, 0.15) is 57.1 Å². The Labute approximate surface area is 183 Å². The summed E-state index contributed by atoms with van der Waals surface area (Å²) in [6.07, 6.45) is 4.73. The second-order valence-corrected chi connectivity index (χ2v) is 9.25. The van der Waals surface area contributed by atoms with Crippen molar-refractivity contribution in [1.29, 1.82) is 0 Å². The van der Waals surface area contributed by atoms with E-state index in [0.29, 0.717) is 22.6 Å². The zero-order valence-corrected chi connectivity index (χ0v) is 18.9. The molecule has 0 spiro atoms. The van der Waals surface area contributed by atoms with Crippen molar-refractivity contribution in [1.82, 2.24) is 0 Å². The molecule has 156 valence electrons. The Morgan fingerprint density at radius 2 is 1.83 bits per heavy atom. The van der Waals surface area contributed by atoms with Crippen LogP contribution in [0.4, 0.5) is 5.69 Å². The summed E-state index contributed by atoms with van der Waals surface area (Å²) >= 11 is 12.6. The first-order valence-corrected chi connectivity index (χ1v) is 11.1. The summed E-state index contributed by atoms with van der Waals surface area (Å²) in [4.78, 5) is 13.5. The largest absolute Gasteiger partial charge is 0.493 e. The summed E-state index contributed by atoms with van der Waals surface area (Å²) in [5, 5.41) is 4.28. The molecule has 0 aliphatic heterocycles. The Morgan fingerprint density at radius 1 is 1.10 bits per heavy atom. The number of nitrogens with one attached hydrogen (secondary N) is 1. The van der Waals surface area contributed by atoms with Gasteiger partial charge in [0.15, 0.2) is 0 Å². The molecule has 0 aromatic heterocycles. The fraction of sp³-hybridized carbons (Fsp3) is 0.458. The van der Waals surface area contributed by atoms with Gasteiger partial charge in [-0.25, -0.2) is 0 Å². The highest BCUT2D eigenvalue weighted by Gasteiger charge is 2.42. The second-order valence-electron chi connectivity index (χ2n) is 8.41. The van der Waals surface area contributed by atoms with Crippen LogP contribution < -0.4 is 10.1 Å². The number of hydrogen-bond acceptors (Lipinski definition) is 2. The maximum Gasteiger partial charge on any atom is 0.235 e. The first-order valence-electron chi connectivity index (χ1n) is 10.3. The number of benzene rings is 2. The Bertz CT molecular complexity index is 873. The van der Waals surface area contributed by atoms with Crippen molar-refractivity contribution >= 4 is 34.8 Å². The minimum atomic E-state index is -0.624. The van der Waals surface area contributed by atoms with E-state index < -0.39 is 5.41 Å². The lowest BCUT2D eigenvalue weighted by Crippen LogP contribution is -2.42. The van der Waals surface area contributed by atoms with Crippen molar-refractivity contribution in [2.75, 3.05) is 11.9 Å². The summed E-state index contributed by atoms with van der Waals surface area (Å²) < 4.78 is 5.85. The highest BCUT2D eigenvalue weighted by molar-refractivity contribution is 6.35. The molecule has 0 heterocycles. The highest BCUT2D eigenvalue weighted by atomic mass is 35.5. The van der Waals surface area contributed by atoms with Crippen molar-refractivity contribution in [3.05, 3.63) is 57.6 Å². The van der Waals surface area contributed by atoms with E-state index in [4.69, 9.17) is 27.9 Å². The van der Waals surface area contributed by atoms with Crippen LogP contribution in [0.25, 0.3) is 0 Å². The lowest BCUT2D eigenvalue weighted by atomic mass is 9.68. The maximum atomic E-state index is 13.5. The molecule has 1 aliphatic carbocycles. The third-order valence-corrected chi connectivity index (χ3v) is 6.14. The first-order chi connectivity index (χ1) is 13.8. The summed E-state index contributed by atoms with van der Waals surface area (Å²) in [6.45, 7) is 6.91. The number of carbonyl (C=O) groups excluding carboxylic acids is 1. The van der Waals surface area contributed by atoms with Gasteiger partial charge in [-0.15, -0.1) is 0 Å². The summed E-state index contributed by atoms with van der Waals surface area (Å²) in [5.74, 6) is 1.31. The molecule has 2 aromatic carbocycles. The molecular weight excluding hydrogens is 405 g/mol. The summed E-state index contributed by atoms with van der Waals surface area (Å²) in [7, 11) is 0. The van der Waals surface area contributed by atoms with Gasteiger partial charge in [-0.3, -0.25) is 4.79 Å². The van der Waals surface area contributed by atoms with Crippen LogP contribution in [0, 0.1) is 12.8 Å². The van der Waals surface area contributed by atoms with Gasteiger partial charge < -0.3 is 10.1 Å². The van der Waals surface area contributed by atoms with E-state index in [9.17, 15) is 4.79 Å². The molecule has 29 heavy (non-hydrogen) atoms. The number of anilines is 1. The number of carbonyl (C=O) groups is 1. The number of halogens is 2. The highest BCUT2D eigenvalue weighted by Crippen LogP contribution is 2.44. The molecule has 0 bridgehead atoms. The standard InChI is InChI=1S/C24H29Cl2NO2/c1-16(2)15-29-22-10-8-19(13-17(22)3)27-23(28)24(11-5-4-6-12-24)20-9-7-18(25)14-21(20)26/h7-10,13-14,16H,4-6,11-12,15H2,1-3H3,(H,27,28). The minimum absolute atomic E-state index is 0.00308. The number of amides is 1. The van der Waals surface area contributed by atoms with Crippen molar-refractivity contribution in [2.45, 2.75) is 58.3 Å². The molecule has 0 unspecified atom stereocenters. The van der Waals surface area contributed by atoms with Crippen molar-refractivity contribution in [3.8, 4) is 5.75 Å². The van der Waals surface area contributed by atoms with Crippen molar-refractivity contribution in [2.24, 2.45) is 5.92 Å². The van der Waals surface area contributed by atoms with Crippen molar-refractivity contribution < 1.29 is 9.53 Å². The lowest BCUT2D eigenvalue weighted by molar-refractivity contribution is -0.122. The smallest absolute Gasteiger partial charge is 0.235 e. The van der Waals surface area contributed by atoms with Gasteiger partial charge in [0.1, 0.15) is 5.75 Å². The van der Waals surface area contributed by atoms with Crippen LogP contribution in [0.2, 0.25) is 10.0 Å². The van der Waals surface area contributed by atoms with E-state index in [-0.39, 0.29) is 5.91 Å². The second kappa shape index (κ2) is 9.40. The Morgan fingerprint density at radius 3 is 2.45 bits per heavy atom. The number of hydrogen-bond donors (Lipinski definition) is 1. The van der Waals surface area contributed by atoms with E-state index in [2.05, 4.69) is 19.2 Å². The molecule has 0 atom stereocenters. The fourth-order valence-electron chi connectivity index (χ4n) is 4.05. The zero-order valence-electron chi connectivity index (χ0n) is 17.4. The molecule has 1 saturated carbocycles. The third-order valence-electron chi connectivity index (χ3n) is 5.59. The predicted molar refractivity (Wildman–Crippen MR) is 121 cm³/mol. The molecule has 3 rings (SSSR count). The average molecular weight is 434 g/mol. The van der Waals surface area contributed by atoms with E-state index in [1.807, 2.05) is 37.3 Å². The van der Waals surface area contributed by atoms with Gasteiger partial charge in [0.25, 0.3) is 0 Å². The van der Waals surface area contributed by atoms with E-state index in [1.165, 1.54) is 0 Å². The SMILES string of the molecule is Cc1cc(NC(=O)C2(c3ccc(Cl)cc3Cl)CCCCC2)ccc1OCC(C)C. The number of rotatable bonds is 6. The van der Waals surface area contributed by atoms with Gasteiger partial charge in [-0.2, -0.15) is 0 Å². The summed E-state index contributed by atoms with van der Waals surface area (Å²) in [6, 6.07) is 11.2. The maximum absolute atomic E-state index is 13.5. The molecule has 0 radical (unpaired) electrons. The van der Waals surface area contributed by atoms with Gasteiger partial charge in [0.2, 0.25) is 5.91 Å². The van der Waals surface area contributed by atoms with E-state index >= 15 is 0 Å². The quantitative estimate of drug-likeness (QED) is 0.523. The molecular formula is C24H29Cl2NO2. The third kappa shape index (κ3) is 5.07. The molecule has 0 saturated heterocycles. The van der Waals surface area contributed by atoms with Gasteiger partial charge in [-0.1, -0.05) is 62.4 Å². The zero-order chi connectivity index (χ0) is 21.0. The number of aryl methyl sites for hydroxylation is 1. The topological polar surface area (TPSA) is 38.3 Å². The molecule has 2 aromatic rings. The van der Waals surface area contributed by atoms with Gasteiger partial charge >= 0.3 is 0 Å². The normalized spacial score (nSPS) is 15.9. The average Bonchev–Trinajstić information content (AvgIpc) is 2.67. The van der Waals surface area contributed by atoms with Gasteiger partial charge in [-0.05, 0) is 67.1 Å². The van der Waals surface area contributed by atoms with Crippen LogP contribution >= 0.6 is 23.2 Å². The molecule has 1 amide bonds. The summed E-state index contributed by atoms with van der Waals surface area (Å²) in [5.41, 5.74) is 2.03. The minimum Gasteiger partial charge on any atom is -0.493 e. The van der Waals surface area contributed by atoms with Crippen LogP contribution in [-0.2, 0) is 10.2 Å². The van der Waals surface area contributed by atoms with E-state index in [0.717, 1.165) is 54.7 Å². The Balaban J connectivity index is 1.85. The van der Waals surface area contributed by atoms with Crippen LogP contribution in [0.15, 0.2) is 36.4 Å². The fourth-order valence-corrected chi connectivity index (χ4v) is 4.64. The molecule has 1 N–H and O–H groups in total. The van der Waals surface area contributed by atoms with Crippen LogP contribution in [0.3, 0.4) is 0 Å². The van der Waals surface area contributed by atoms with Gasteiger partial charge in [0.05, 0.1) is 12.0 Å². The molecule has 5 heteroatoms. The molecule has 1 aliphatic rings. The van der Waals surface area contributed by atoms with E-state index in [1.54, 1.807) is 6.07 Å². The molecule has 3 nitrogen and oxygen atoms in total. The lowest BCUT2D eigenvalue weighted by Gasteiger charge is -2.37. The number of ether oxygens (including phenoxy) is 1. The van der Waals surface area contributed by atoms with Crippen LogP contribution in [0.5, 0.6) is 5.75 Å². The Hall–Kier alpha value is -1.71. The Kier molecular flexibility index (Phi) is 7.13. The van der Waals surface area contributed by atoms with Crippen LogP contribution in [-0.4, -0.2) is 12.5 Å². The predicted octanol–water partition coefficient (Wildman–Crippen LogP) is 7.18. The first kappa shape index (κ1) is 22.0. The van der Waals surface area contributed by atoms with Crippen molar-refractivity contribution in [3.63, 3.8) is 0 Å². The van der Waals surface area contributed by atoms with Gasteiger partial charge in [0, 0.05) is 15.7 Å². The molecule has 1 fully saturated rings. The monoisotopic (exact) mass is 433 g/mol.